The molecule has 0 atom stereocenters. The van der Waals surface area contributed by atoms with Crippen LogP contribution in [0.3, 0.4) is 0 Å². The molecule has 10 aromatic carbocycles. The fraction of sp³-hybridized carbons (Fsp3) is 0.0545. The number of rotatable bonds is 3. The Morgan fingerprint density at radius 3 is 1.55 bits per heavy atom. The van der Waals surface area contributed by atoms with Crippen LogP contribution in [0, 0.1) is 0 Å². The summed E-state index contributed by atoms with van der Waals surface area (Å²) in [7, 11) is 0. The molecule has 0 saturated heterocycles. The lowest BCUT2D eigenvalue weighted by Crippen LogP contribution is -2.15. The molecule has 0 spiro atoms. The van der Waals surface area contributed by atoms with E-state index in [0.717, 1.165) is 11.2 Å². The van der Waals surface area contributed by atoms with E-state index >= 15 is 0 Å². The summed E-state index contributed by atoms with van der Waals surface area (Å²) in [6.45, 7) is 4.74. The summed E-state index contributed by atoms with van der Waals surface area (Å²) in [5.41, 5.74) is 14.7. The summed E-state index contributed by atoms with van der Waals surface area (Å²) in [6, 6.07) is 67.1. The highest BCUT2D eigenvalue weighted by Crippen LogP contribution is 2.53. The minimum atomic E-state index is -0.134. The number of benzene rings is 10. The number of fused-ring (bicyclic) bond motifs is 12. The third kappa shape index (κ3) is 4.37. The van der Waals surface area contributed by atoms with Crippen molar-refractivity contribution in [3.05, 3.63) is 193 Å². The number of hydrogen-bond acceptors (Lipinski definition) is 1. The molecule has 0 N–H and O–H groups in total. The first kappa shape index (κ1) is 31.4. The lowest BCUT2D eigenvalue weighted by atomic mass is 9.81. The van der Waals surface area contributed by atoms with Crippen molar-refractivity contribution in [3.63, 3.8) is 0 Å². The zero-order chi connectivity index (χ0) is 37.1. The Labute approximate surface area is 325 Å². The molecule has 0 bridgehead atoms. The molecule has 0 amide bonds. The summed E-state index contributed by atoms with van der Waals surface area (Å²) in [5.74, 6) is 0. The van der Waals surface area contributed by atoms with Gasteiger partial charge in [-0.25, -0.2) is 0 Å². The van der Waals surface area contributed by atoms with Gasteiger partial charge in [0.1, 0.15) is 11.2 Å². The van der Waals surface area contributed by atoms with Crippen molar-refractivity contribution in [2.24, 2.45) is 0 Å². The van der Waals surface area contributed by atoms with Gasteiger partial charge < -0.3 is 4.42 Å². The van der Waals surface area contributed by atoms with Crippen molar-refractivity contribution >= 4 is 65.0 Å². The average Bonchev–Trinajstić information content (AvgIpc) is 3.74. The highest BCUT2D eigenvalue weighted by atomic mass is 16.3. The zero-order valence-corrected chi connectivity index (χ0v) is 31.2. The second kappa shape index (κ2) is 11.5. The molecule has 0 unspecified atom stereocenters. The standard InChI is InChI=1S/C55H36O/c1-55(2)48-29-28-46-44(26-27-45-39-14-10-11-19-50(39)56-54(45)46)53(48)47-25-24-37(32-49(47)55)35-20-21-36-31-38(23-22-34(36)30-35)52-42-17-8-6-15-40(42)51(33-12-4-3-5-13-33)41-16-7-9-18-43(41)52/h3-32H,1-2H3. The summed E-state index contributed by atoms with van der Waals surface area (Å²) in [5, 5.41) is 12.4. The Morgan fingerprint density at radius 1 is 0.339 bits per heavy atom. The van der Waals surface area contributed by atoms with Gasteiger partial charge in [0.25, 0.3) is 0 Å². The van der Waals surface area contributed by atoms with Gasteiger partial charge in [-0.15, -0.1) is 0 Å². The second-order valence-electron chi connectivity index (χ2n) is 16.0. The first-order valence-corrected chi connectivity index (χ1v) is 19.6. The second-order valence-corrected chi connectivity index (χ2v) is 16.0. The highest BCUT2D eigenvalue weighted by molar-refractivity contribution is 6.22. The maximum absolute atomic E-state index is 6.47. The lowest BCUT2D eigenvalue weighted by Gasteiger charge is -2.22. The number of para-hydroxylation sites is 1. The third-order valence-corrected chi connectivity index (χ3v) is 12.6. The van der Waals surface area contributed by atoms with E-state index in [2.05, 4.69) is 190 Å². The van der Waals surface area contributed by atoms with E-state index in [4.69, 9.17) is 4.42 Å². The molecule has 262 valence electrons. The van der Waals surface area contributed by atoms with Crippen molar-refractivity contribution in [1.82, 2.24) is 0 Å². The van der Waals surface area contributed by atoms with E-state index in [1.165, 1.54) is 109 Å². The van der Waals surface area contributed by atoms with E-state index in [-0.39, 0.29) is 5.41 Å². The van der Waals surface area contributed by atoms with Crippen LogP contribution in [0.15, 0.2) is 186 Å². The van der Waals surface area contributed by atoms with Gasteiger partial charge in [-0.05, 0) is 124 Å². The van der Waals surface area contributed by atoms with Crippen LogP contribution in [0.4, 0.5) is 0 Å². The maximum atomic E-state index is 6.47. The summed E-state index contributed by atoms with van der Waals surface area (Å²) >= 11 is 0. The van der Waals surface area contributed by atoms with Crippen LogP contribution in [-0.4, -0.2) is 0 Å². The SMILES string of the molecule is CC1(C)c2cc(-c3ccc4cc(-c5c6ccccc6c(-c6ccccc6)c6ccccc56)ccc4c3)ccc2-c2c1ccc1c2ccc2c3ccccc3oc12. The Kier molecular flexibility index (Phi) is 6.46. The Hall–Kier alpha value is -6.96. The molecule has 0 fully saturated rings. The minimum absolute atomic E-state index is 0.134. The first-order chi connectivity index (χ1) is 27.5. The molecule has 1 aromatic heterocycles. The van der Waals surface area contributed by atoms with Crippen molar-refractivity contribution in [1.29, 1.82) is 0 Å². The van der Waals surface area contributed by atoms with Crippen LogP contribution in [0.5, 0.6) is 0 Å². The van der Waals surface area contributed by atoms with Gasteiger partial charge in [0.05, 0.1) is 0 Å². The van der Waals surface area contributed by atoms with Crippen LogP contribution in [-0.2, 0) is 5.41 Å². The molecular formula is C55H36O. The predicted octanol–water partition coefficient (Wildman–Crippen LogP) is 15.5. The normalized spacial score (nSPS) is 13.3. The lowest BCUT2D eigenvalue weighted by molar-refractivity contribution is 0.660. The number of hydrogen-bond donors (Lipinski definition) is 0. The van der Waals surface area contributed by atoms with E-state index < -0.39 is 0 Å². The van der Waals surface area contributed by atoms with Crippen molar-refractivity contribution in [2.75, 3.05) is 0 Å². The molecule has 0 radical (unpaired) electrons. The molecule has 1 aliphatic carbocycles. The molecule has 0 saturated carbocycles. The monoisotopic (exact) mass is 712 g/mol. The maximum Gasteiger partial charge on any atom is 0.143 e. The summed E-state index contributed by atoms with van der Waals surface area (Å²) < 4.78 is 6.47. The van der Waals surface area contributed by atoms with Gasteiger partial charge in [-0.2, -0.15) is 0 Å². The van der Waals surface area contributed by atoms with Crippen molar-refractivity contribution in [3.8, 4) is 44.5 Å². The molecule has 0 aliphatic heterocycles. The Bertz CT molecular complexity index is 3380. The van der Waals surface area contributed by atoms with Gasteiger partial charge in [-0.3, -0.25) is 0 Å². The van der Waals surface area contributed by atoms with Gasteiger partial charge >= 0.3 is 0 Å². The van der Waals surface area contributed by atoms with Crippen LogP contribution in [0.1, 0.15) is 25.0 Å². The molecule has 56 heavy (non-hydrogen) atoms. The fourth-order valence-electron chi connectivity index (χ4n) is 9.94. The average molecular weight is 713 g/mol. The molecule has 11 aromatic rings. The Balaban J connectivity index is 0.968. The first-order valence-electron chi connectivity index (χ1n) is 19.6. The van der Waals surface area contributed by atoms with E-state index in [0.29, 0.717) is 0 Å². The molecule has 1 heteroatoms. The van der Waals surface area contributed by atoms with Gasteiger partial charge in [0.2, 0.25) is 0 Å². The van der Waals surface area contributed by atoms with Crippen LogP contribution in [0.2, 0.25) is 0 Å². The smallest absolute Gasteiger partial charge is 0.143 e. The van der Waals surface area contributed by atoms with Crippen LogP contribution < -0.4 is 0 Å². The quantitative estimate of drug-likeness (QED) is 0.166. The molecule has 12 rings (SSSR count). The fourth-order valence-corrected chi connectivity index (χ4v) is 9.94. The Morgan fingerprint density at radius 2 is 0.839 bits per heavy atom. The summed E-state index contributed by atoms with van der Waals surface area (Å²) in [6.07, 6.45) is 0. The van der Waals surface area contributed by atoms with E-state index in [1.807, 2.05) is 6.07 Å². The number of furan rings is 1. The molecule has 1 heterocycles. The summed E-state index contributed by atoms with van der Waals surface area (Å²) in [4.78, 5) is 0. The van der Waals surface area contributed by atoms with Gasteiger partial charge in [0.15, 0.2) is 0 Å². The molecular weight excluding hydrogens is 677 g/mol. The van der Waals surface area contributed by atoms with E-state index in [1.54, 1.807) is 0 Å². The largest absolute Gasteiger partial charge is 0.455 e. The molecule has 1 nitrogen and oxygen atoms in total. The molecule has 1 aliphatic rings. The van der Waals surface area contributed by atoms with Crippen LogP contribution >= 0.6 is 0 Å². The van der Waals surface area contributed by atoms with Crippen molar-refractivity contribution < 1.29 is 4.42 Å². The highest BCUT2D eigenvalue weighted by Gasteiger charge is 2.37. The van der Waals surface area contributed by atoms with Crippen LogP contribution in [0.25, 0.3) is 110 Å². The predicted molar refractivity (Wildman–Crippen MR) is 238 cm³/mol. The van der Waals surface area contributed by atoms with E-state index in [9.17, 15) is 0 Å². The minimum Gasteiger partial charge on any atom is -0.455 e. The third-order valence-electron chi connectivity index (χ3n) is 12.6. The van der Waals surface area contributed by atoms with Crippen molar-refractivity contribution in [2.45, 2.75) is 19.3 Å². The van der Waals surface area contributed by atoms with Gasteiger partial charge in [-0.1, -0.05) is 166 Å². The zero-order valence-electron chi connectivity index (χ0n) is 31.2. The topological polar surface area (TPSA) is 13.1 Å². The van der Waals surface area contributed by atoms with Gasteiger partial charge in [0, 0.05) is 21.6 Å².